The zero-order valence-corrected chi connectivity index (χ0v) is 12.7. The molecule has 3 aliphatic rings. The van der Waals surface area contributed by atoms with Gasteiger partial charge in [-0.2, -0.15) is 0 Å². The van der Waals surface area contributed by atoms with Gasteiger partial charge in [-0.15, -0.1) is 11.8 Å². The molecule has 1 aliphatic carbocycles. The van der Waals surface area contributed by atoms with E-state index >= 15 is 0 Å². The normalized spacial score (nSPS) is 30.9. The summed E-state index contributed by atoms with van der Waals surface area (Å²) >= 11 is 1.56. The Kier molecular flexibility index (Phi) is 3.61. The summed E-state index contributed by atoms with van der Waals surface area (Å²) in [6.45, 7) is 3.15. The van der Waals surface area contributed by atoms with Crippen LogP contribution in [0, 0.1) is 11.8 Å². The Morgan fingerprint density at radius 2 is 2.10 bits per heavy atom. The van der Waals surface area contributed by atoms with E-state index in [-0.39, 0.29) is 5.91 Å². The highest BCUT2D eigenvalue weighted by Crippen LogP contribution is 2.34. The van der Waals surface area contributed by atoms with Gasteiger partial charge in [-0.3, -0.25) is 4.79 Å². The molecule has 4 rings (SSSR count). The SMILES string of the molecule is O=C1CSc2ccc(CN[C@H]3C[C@H]4CNC[C@H]4C3)nc2N1. The molecule has 112 valence electrons. The van der Waals surface area contributed by atoms with Crippen molar-refractivity contribution in [3.63, 3.8) is 0 Å². The Bertz CT molecular complexity index is 553. The molecule has 1 aromatic heterocycles. The molecule has 21 heavy (non-hydrogen) atoms. The molecule has 3 atom stereocenters. The van der Waals surface area contributed by atoms with E-state index in [0.717, 1.165) is 34.8 Å². The van der Waals surface area contributed by atoms with Crippen LogP contribution in [0.4, 0.5) is 5.82 Å². The third kappa shape index (κ3) is 2.80. The number of thioether (sulfide) groups is 1. The number of nitrogens with zero attached hydrogens (tertiary/aromatic N) is 1. The average molecular weight is 304 g/mol. The van der Waals surface area contributed by atoms with Crippen LogP contribution in [-0.2, 0) is 11.3 Å². The van der Waals surface area contributed by atoms with Gasteiger partial charge in [0.2, 0.25) is 5.91 Å². The predicted molar refractivity (Wildman–Crippen MR) is 83.3 cm³/mol. The number of hydrogen-bond acceptors (Lipinski definition) is 5. The number of carbonyl (C=O) groups excluding carboxylic acids is 1. The van der Waals surface area contributed by atoms with Gasteiger partial charge >= 0.3 is 0 Å². The second kappa shape index (κ2) is 5.59. The van der Waals surface area contributed by atoms with Crippen molar-refractivity contribution in [2.24, 2.45) is 11.8 Å². The topological polar surface area (TPSA) is 66.0 Å². The second-order valence-electron chi connectivity index (χ2n) is 6.21. The molecule has 5 nitrogen and oxygen atoms in total. The summed E-state index contributed by atoms with van der Waals surface area (Å²) in [7, 11) is 0. The molecular formula is C15H20N4OS. The zero-order valence-electron chi connectivity index (χ0n) is 11.9. The van der Waals surface area contributed by atoms with Crippen LogP contribution in [0.5, 0.6) is 0 Å². The number of amides is 1. The maximum absolute atomic E-state index is 11.4. The van der Waals surface area contributed by atoms with Gasteiger partial charge in [0, 0.05) is 12.6 Å². The summed E-state index contributed by atoms with van der Waals surface area (Å²) in [6.07, 6.45) is 2.55. The number of hydrogen-bond donors (Lipinski definition) is 3. The van der Waals surface area contributed by atoms with Crippen molar-refractivity contribution in [2.75, 3.05) is 24.2 Å². The van der Waals surface area contributed by atoms with E-state index in [1.165, 1.54) is 25.9 Å². The van der Waals surface area contributed by atoms with Crippen LogP contribution in [0.3, 0.4) is 0 Å². The number of anilines is 1. The van der Waals surface area contributed by atoms with E-state index in [0.29, 0.717) is 11.8 Å². The number of aromatic nitrogens is 1. The Hall–Kier alpha value is -1.11. The van der Waals surface area contributed by atoms with Gasteiger partial charge in [-0.1, -0.05) is 0 Å². The standard InChI is InChI=1S/C15H20N4OS/c20-14-8-21-13-2-1-11(18-15(13)19-14)7-17-12-3-9-5-16-6-10(9)4-12/h1-2,9-10,12,16-17H,3-8H2,(H,18,19,20)/t9-,10+,12-. The summed E-state index contributed by atoms with van der Waals surface area (Å²) in [6, 6.07) is 4.74. The molecule has 0 bridgehead atoms. The highest BCUT2D eigenvalue weighted by Gasteiger charge is 2.36. The Labute approximate surface area is 128 Å². The minimum Gasteiger partial charge on any atom is -0.316 e. The van der Waals surface area contributed by atoms with Crippen LogP contribution in [0.1, 0.15) is 18.5 Å². The first-order chi connectivity index (χ1) is 10.3. The fourth-order valence-corrected chi connectivity index (χ4v) is 4.44. The van der Waals surface area contributed by atoms with Gasteiger partial charge in [0.25, 0.3) is 0 Å². The zero-order chi connectivity index (χ0) is 14.2. The van der Waals surface area contributed by atoms with Gasteiger partial charge in [-0.25, -0.2) is 4.98 Å². The first-order valence-electron chi connectivity index (χ1n) is 7.64. The molecular weight excluding hydrogens is 284 g/mol. The van der Waals surface area contributed by atoms with Gasteiger partial charge in [0.15, 0.2) is 0 Å². The van der Waals surface area contributed by atoms with Crippen molar-refractivity contribution in [3.8, 4) is 0 Å². The quantitative estimate of drug-likeness (QED) is 0.783. The average Bonchev–Trinajstić information content (AvgIpc) is 3.05. The summed E-state index contributed by atoms with van der Waals surface area (Å²) < 4.78 is 0. The smallest absolute Gasteiger partial charge is 0.235 e. The van der Waals surface area contributed by atoms with Gasteiger partial charge in [0.05, 0.1) is 16.3 Å². The van der Waals surface area contributed by atoms with Crippen molar-refractivity contribution >= 4 is 23.5 Å². The van der Waals surface area contributed by atoms with Crippen LogP contribution < -0.4 is 16.0 Å². The molecule has 6 heteroatoms. The monoisotopic (exact) mass is 304 g/mol. The van der Waals surface area contributed by atoms with E-state index < -0.39 is 0 Å². The van der Waals surface area contributed by atoms with E-state index in [1.807, 2.05) is 0 Å². The van der Waals surface area contributed by atoms with E-state index in [4.69, 9.17) is 0 Å². The van der Waals surface area contributed by atoms with Gasteiger partial charge in [0.1, 0.15) is 5.82 Å². The van der Waals surface area contributed by atoms with Crippen molar-refractivity contribution in [1.29, 1.82) is 0 Å². The maximum Gasteiger partial charge on any atom is 0.235 e. The second-order valence-corrected chi connectivity index (χ2v) is 7.23. The largest absolute Gasteiger partial charge is 0.316 e. The van der Waals surface area contributed by atoms with Gasteiger partial charge in [-0.05, 0) is 49.9 Å². The lowest BCUT2D eigenvalue weighted by molar-refractivity contribution is -0.113. The molecule has 2 fully saturated rings. The van der Waals surface area contributed by atoms with E-state index in [9.17, 15) is 4.79 Å². The Morgan fingerprint density at radius 3 is 2.90 bits per heavy atom. The molecule has 2 aliphatic heterocycles. The van der Waals surface area contributed by atoms with Crippen LogP contribution in [0.25, 0.3) is 0 Å². The molecule has 0 aromatic carbocycles. The van der Waals surface area contributed by atoms with Crippen LogP contribution in [0.2, 0.25) is 0 Å². The summed E-state index contributed by atoms with van der Waals surface area (Å²) in [5, 5.41) is 9.96. The van der Waals surface area contributed by atoms with Gasteiger partial charge < -0.3 is 16.0 Å². The minimum atomic E-state index is 0.0428. The lowest BCUT2D eigenvalue weighted by Gasteiger charge is -2.17. The van der Waals surface area contributed by atoms with E-state index in [1.54, 1.807) is 11.8 Å². The van der Waals surface area contributed by atoms with Crippen molar-refractivity contribution in [1.82, 2.24) is 15.6 Å². The van der Waals surface area contributed by atoms with Crippen LogP contribution >= 0.6 is 11.8 Å². The molecule has 3 N–H and O–H groups in total. The summed E-state index contributed by atoms with van der Waals surface area (Å²) in [5.41, 5.74) is 1.01. The van der Waals surface area contributed by atoms with E-state index in [2.05, 4.69) is 33.1 Å². The molecule has 0 radical (unpaired) electrons. The highest BCUT2D eigenvalue weighted by molar-refractivity contribution is 8.00. The molecule has 1 saturated carbocycles. The summed E-state index contributed by atoms with van der Waals surface area (Å²) in [5.74, 6) is 2.97. The molecule has 1 saturated heterocycles. The molecule has 0 unspecified atom stereocenters. The fourth-order valence-electron chi connectivity index (χ4n) is 3.68. The summed E-state index contributed by atoms with van der Waals surface area (Å²) in [4.78, 5) is 17.1. The first-order valence-corrected chi connectivity index (χ1v) is 8.63. The molecule has 0 spiro atoms. The maximum atomic E-state index is 11.4. The van der Waals surface area contributed by atoms with Crippen molar-refractivity contribution < 1.29 is 4.79 Å². The highest BCUT2D eigenvalue weighted by atomic mass is 32.2. The number of fused-ring (bicyclic) bond motifs is 2. The Balaban J connectivity index is 1.37. The van der Waals surface area contributed by atoms with Crippen molar-refractivity contribution in [3.05, 3.63) is 17.8 Å². The number of rotatable bonds is 3. The third-order valence-corrected chi connectivity index (χ3v) is 5.81. The number of pyridine rings is 1. The third-order valence-electron chi connectivity index (χ3n) is 4.76. The molecule has 1 amide bonds. The van der Waals surface area contributed by atoms with Crippen LogP contribution in [0.15, 0.2) is 17.0 Å². The predicted octanol–water partition coefficient (Wildman–Crippen LogP) is 1.21. The van der Waals surface area contributed by atoms with Crippen molar-refractivity contribution in [2.45, 2.75) is 30.3 Å². The lowest BCUT2D eigenvalue weighted by atomic mass is 10.0. The molecule has 1 aromatic rings. The molecule has 3 heterocycles. The lowest BCUT2D eigenvalue weighted by Crippen LogP contribution is -2.29. The minimum absolute atomic E-state index is 0.0428. The number of carbonyl (C=O) groups is 1. The fraction of sp³-hybridized carbons (Fsp3) is 0.600. The Morgan fingerprint density at radius 1 is 1.29 bits per heavy atom. The number of nitrogens with one attached hydrogen (secondary N) is 3. The first kappa shape index (κ1) is 13.5. The van der Waals surface area contributed by atoms with Crippen LogP contribution in [-0.4, -0.2) is 35.8 Å².